The summed E-state index contributed by atoms with van der Waals surface area (Å²) in [5, 5.41) is 9.58. The monoisotopic (exact) mass is 494 g/mol. The SMILES string of the molecule is CN=C(NCc1cccc(C)c1)NCc1cccc(NC(=O)CC(C)C)c1.I. The summed E-state index contributed by atoms with van der Waals surface area (Å²) in [6.07, 6.45) is 0.526. The molecule has 5 nitrogen and oxygen atoms in total. The molecule has 2 rings (SSSR count). The van der Waals surface area contributed by atoms with E-state index in [2.05, 4.69) is 52.1 Å². The van der Waals surface area contributed by atoms with Gasteiger partial charge in [0.2, 0.25) is 5.91 Å². The van der Waals surface area contributed by atoms with Crippen LogP contribution in [0.25, 0.3) is 0 Å². The van der Waals surface area contributed by atoms with Gasteiger partial charge in [0.1, 0.15) is 0 Å². The van der Waals surface area contributed by atoms with Crippen LogP contribution >= 0.6 is 24.0 Å². The molecule has 0 aliphatic carbocycles. The van der Waals surface area contributed by atoms with Gasteiger partial charge in [0, 0.05) is 32.2 Å². The second kappa shape index (κ2) is 12.4. The van der Waals surface area contributed by atoms with Crippen molar-refractivity contribution >= 4 is 41.5 Å². The molecule has 0 heterocycles. The lowest BCUT2D eigenvalue weighted by Gasteiger charge is -2.13. The van der Waals surface area contributed by atoms with Gasteiger partial charge < -0.3 is 16.0 Å². The van der Waals surface area contributed by atoms with Crippen molar-refractivity contribution < 1.29 is 4.79 Å². The van der Waals surface area contributed by atoms with Crippen LogP contribution in [0, 0.1) is 12.8 Å². The van der Waals surface area contributed by atoms with Crippen molar-refractivity contribution in [3.63, 3.8) is 0 Å². The van der Waals surface area contributed by atoms with E-state index < -0.39 is 0 Å². The van der Waals surface area contributed by atoms with Gasteiger partial charge in [-0.3, -0.25) is 9.79 Å². The molecule has 1 amide bonds. The van der Waals surface area contributed by atoms with E-state index >= 15 is 0 Å². The Hall–Kier alpha value is -2.09. The highest BCUT2D eigenvalue weighted by Gasteiger charge is 2.06. The normalized spacial score (nSPS) is 11.0. The zero-order chi connectivity index (χ0) is 19.6. The number of guanidine groups is 1. The number of nitrogens with one attached hydrogen (secondary N) is 3. The highest BCUT2D eigenvalue weighted by molar-refractivity contribution is 14.0. The van der Waals surface area contributed by atoms with E-state index in [-0.39, 0.29) is 29.9 Å². The zero-order valence-corrected chi connectivity index (χ0v) is 19.4. The molecule has 2 aromatic rings. The topological polar surface area (TPSA) is 65.5 Å². The van der Waals surface area contributed by atoms with Crippen LogP contribution < -0.4 is 16.0 Å². The Morgan fingerprint density at radius 2 is 1.61 bits per heavy atom. The summed E-state index contributed by atoms with van der Waals surface area (Å²) in [6.45, 7) is 7.50. The van der Waals surface area contributed by atoms with Gasteiger partial charge in [-0.2, -0.15) is 0 Å². The van der Waals surface area contributed by atoms with Crippen LogP contribution in [0.1, 0.15) is 37.0 Å². The largest absolute Gasteiger partial charge is 0.352 e. The first kappa shape index (κ1) is 23.9. The minimum absolute atomic E-state index is 0. The van der Waals surface area contributed by atoms with Crippen molar-refractivity contribution in [1.82, 2.24) is 10.6 Å². The average molecular weight is 494 g/mol. The van der Waals surface area contributed by atoms with E-state index in [0.717, 1.165) is 17.2 Å². The summed E-state index contributed by atoms with van der Waals surface area (Å²) in [5.74, 6) is 1.13. The Morgan fingerprint density at radius 1 is 1.00 bits per heavy atom. The van der Waals surface area contributed by atoms with Crippen LogP contribution in [0.5, 0.6) is 0 Å². The number of aliphatic imine (C=N–C) groups is 1. The smallest absolute Gasteiger partial charge is 0.224 e. The molecule has 0 aromatic heterocycles. The Labute approximate surface area is 185 Å². The maximum Gasteiger partial charge on any atom is 0.224 e. The lowest BCUT2D eigenvalue weighted by atomic mass is 10.1. The molecule has 0 saturated heterocycles. The fourth-order valence-corrected chi connectivity index (χ4v) is 2.76. The quantitative estimate of drug-likeness (QED) is 0.303. The number of hydrogen-bond donors (Lipinski definition) is 3. The van der Waals surface area contributed by atoms with Gasteiger partial charge in [-0.1, -0.05) is 55.8 Å². The fraction of sp³-hybridized carbons (Fsp3) is 0.364. The molecule has 0 atom stereocenters. The third-order valence-corrected chi connectivity index (χ3v) is 4.03. The molecule has 0 aliphatic heterocycles. The number of hydrogen-bond acceptors (Lipinski definition) is 2. The molecule has 28 heavy (non-hydrogen) atoms. The number of anilines is 1. The maximum absolute atomic E-state index is 11.9. The van der Waals surface area contributed by atoms with Crippen LogP contribution in [0.15, 0.2) is 53.5 Å². The second-order valence-corrected chi connectivity index (χ2v) is 7.11. The highest BCUT2D eigenvalue weighted by atomic mass is 127. The molecule has 0 fully saturated rings. The van der Waals surface area contributed by atoms with Gasteiger partial charge in [0.05, 0.1) is 0 Å². The Morgan fingerprint density at radius 3 is 2.18 bits per heavy atom. The standard InChI is InChI=1S/C22H30N4O.HI/c1-16(2)11-21(27)26-20-10-6-9-19(13-20)15-25-22(23-4)24-14-18-8-5-7-17(3)12-18;/h5-10,12-13,16H,11,14-15H2,1-4H3,(H,26,27)(H2,23,24,25);1H. The van der Waals surface area contributed by atoms with E-state index in [0.29, 0.717) is 25.4 Å². The van der Waals surface area contributed by atoms with Gasteiger partial charge in [-0.05, 0) is 36.1 Å². The summed E-state index contributed by atoms with van der Waals surface area (Å²) in [4.78, 5) is 16.2. The Bertz CT molecular complexity index is 790. The van der Waals surface area contributed by atoms with Gasteiger partial charge in [0.15, 0.2) is 5.96 Å². The van der Waals surface area contributed by atoms with E-state index in [4.69, 9.17) is 0 Å². The third-order valence-electron chi connectivity index (χ3n) is 4.03. The van der Waals surface area contributed by atoms with Gasteiger partial charge >= 0.3 is 0 Å². The predicted octanol–water partition coefficient (Wildman–Crippen LogP) is 4.46. The fourth-order valence-electron chi connectivity index (χ4n) is 2.76. The van der Waals surface area contributed by atoms with E-state index in [1.54, 1.807) is 7.05 Å². The first-order valence-electron chi connectivity index (χ1n) is 9.35. The molecule has 3 N–H and O–H groups in total. The molecule has 0 bridgehead atoms. The molecular weight excluding hydrogens is 463 g/mol. The molecule has 0 unspecified atom stereocenters. The summed E-state index contributed by atoms with van der Waals surface area (Å²) < 4.78 is 0. The predicted molar refractivity (Wildman–Crippen MR) is 128 cm³/mol. The van der Waals surface area contributed by atoms with Crippen LogP contribution in [0.3, 0.4) is 0 Å². The van der Waals surface area contributed by atoms with Gasteiger partial charge in [0.25, 0.3) is 0 Å². The van der Waals surface area contributed by atoms with Crippen LogP contribution in [-0.2, 0) is 17.9 Å². The molecule has 152 valence electrons. The van der Waals surface area contributed by atoms with Crippen molar-refractivity contribution in [3.8, 4) is 0 Å². The number of halogens is 1. The molecule has 2 aromatic carbocycles. The van der Waals surface area contributed by atoms with Crippen molar-refractivity contribution in [2.45, 2.75) is 40.3 Å². The number of nitrogens with zero attached hydrogens (tertiary/aromatic N) is 1. The van der Waals surface area contributed by atoms with Crippen LogP contribution in [0.2, 0.25) is 0 Å². The molecule has 0 spiro atoms. The van der Waals surface area contributed by atoms with E-state index in [9.17, 15) is 4.79 Å². The number of aryl methyl sites for hydroxylation is 1. The Balaban J connectivity index is 0.00000392. The number of carbonyl (C=O) groups is 1. The lowest BCUT2D eigenvalue weighted by molar-refractivity contribution is -0.116. The van der Waals surface area contributed by atoms with E-state index in [1.165, 1.54) is 11.1 Å². The highest BCUT2D eigenvalue weighted by Crippen LogP contribution is 2.12. The minimum Gasteiger partial charge on any atom is -0.352 e. The first-order chi connectivity index (χ1) is 13.0. The Kier molecular flexibility index (Phi) is 10.6. The molecule has 0 radical (unpaired) electrons. The van der Waals surface area contributed by atoms with Crippen molar-refractivity contribution in [2.24, 2.45) is 10.9 Å². The number of amides is 1. The summed E-state index contributed by atoms with van der Waals surface area (Å²) >= 11 is 0. The average Bonchev–Trinajstić information content (AvgIpc) is 2.61. The van der Waals surface area contributed by atoms with Gasteiger partial charge in [-0.15, -0.1) is 24.0 Å². The first-order valence-corrected chi connectivity index (χ1v) is 9.35. The maximum atomic E-state index is 11.9. The number of rotatable bonds is 7. The molecule has 6 heteroatoms. The molecular formula is C22H31IN4O. The van der Waals surface area contributed by atoms with E-state index in [1.807, 2.05) is 38.1 Å². The second-order valence-electron chi connectivity index (χ2n) is 7.11. The third kappa shape index (κ3) is 8.73. The molecule has 0 saturated carbocycles. The zero-order valence-electron chi connectivity index (χ0n) is 17.1. The number of benzene rings is 2. The summed E-state index contributed by atoms with van der Waals surface area (Å²) in [7, 11) is 1.76. The van der Waals surface area contributed by atoms with Crippen molar-refractivity contribution in [2.75, 3.05) is 12.4 Å². The van der Waals surface area contributed by atoms with Crippen LogP contribution in [0.4, 0.5) is 5.69 Å². The summed E-state index contributed by atoms with van der Waals surface area (Å²) in [5.41, 5.74) is 4.36. The molecule has 0 aliphatic rings. The summed E-state index contributed by atoms with van der Waals surface area (Å²) in [6, 6.07) is 16.3. The number of carbonyl (C=O) groups excluding carboxylic acids is 1. The minimum atomic E-state index is 0. The lowest BCUT2D eigenvalue weighted by Crippen LogP contribution is -2.36. The van der Waals surface area contributed by atoms with Crippen molar-refractivity contribution in [1.29, 1.82) is 0 Å². The van der Waals surface area contributed by atoms with Crippen LogP contribution in [-0.4, -0.2) is 18.9 Å². The van der Waals surface area contributed by atoms with Gasteiger partial charge in [-0.25, -0.2) is 0 Å². The van der Waals surface area contributed by atoms with Crippen molar-refractivity contribution in [3.05, 3.63) is 65.2 Å².